The van der Waals surface area contributed by atoms with Crippen LogP contribution in [0.4, 0.5) is 0 Å². The number of esters is 1. The van der Waals surface area contributed by atoms with Crippen LogP contribution in [0.1, 0.15) is 96.3 Å². The van der Waals surface area contributed by atoms with Gasteiger partial charge in [-0.3, -0.25) is 0 Å². The highest BCUT2D eigenvalue weighted by molar-refractivity contribution is 5.81. The van der Waals surface area contributed by atoms with Crippen molar-refractivity contribution in [1.29, 1.82) is 0 Å². The average Bonchev–Trinajstić information content (AvgIpc) is 2.68. The normalized spacial score (nSPS) is 25.3. The molecule has 0 amide bonds. The van der Waals surface area contributed by atoms with Gasteiger partial charge in [-0.25, -0.2) is 4.79 Å². The first-order chi connectivity index (χ1) is 11.8. The van der Waals surface area contributed by atoms with Crippen molar-refractivity contribution in [3.63, 3.8) is 0 Å². The molecule has 0 radical (unpaired) electrons. The first-order valence-electron chi connectivity index (χ1n) is 10.6. The van der Waals surface area contributed by atoms with Gasteiger partial charge in [-0.2, -0.15) is 0 Å². The number of carbonyl (C=O) groups is 1. The van der Waals surface area contributed by atoms with Gasteiger partial charge in [-0.05, 0) is 56.3 Å². The summed E-state index contributed by atoms with van der Waals surface area (Å²) in [6.07, 6.45) is 21.0. The average molecular weight is 333 g/mol. The summed E-state index contributed by atoms with van der Waals surface area (Å²) in [4.78, 5) is 12.4. The smallest absolute Gasteiger partial charge is 0.330 e. The lowest BCUT2D eigenvalue weighted by Crippen LogP contribution is -2.56. The number of carbonyl (C=O) groups excluding carboxylic acids is 1. The summed E-state index contributed by atoms with van der Waals surface area (Å²) in [5, 5.41) is 0. The lowest BCUT2D eigenvalue weighted by atomic mass is 9.58. The van der Waals surface area contributed by atoms with Gasteiger partial charge in [0, 0.05) is 6.08 Å². The van der Waals surface area contributed by atoms with E-state index in [2.05, 4.69) is 6.58 Å². The molecule has 136 valence electrons. The number of hydrogen-bond acceptors (Lipinski definition) is 2. The third-order valence-corrected chi connectivity index (χ3v) is 7.17. The van der Waals surface area contributed by atoms with Gasteiger partial charge < -0.3 is 4.74 Å². The highest BCUT2D eigenvalue weighted by atomic mass is 16.6. The number of ether oxygens (including phenoxy) is 1. The van der Waals surface area contributed by atoms with Crippen molar-refractivity contribution in [3.05, 3.63) is 12.7 Å². The van der Waals surface area contributed by atoms with E-state index >= 15 is 0 Å². The van der Waals surface area contributed by atoms with Crippen LogP contribution >= 0.6 is 0 Å². The Morgan fingerprint density at radius 3 is 1.33 bits per heavy atom. The van der Waals surface area contributed by atoms with E-state index in [1.807, 2.05) is 0 Å². The molecule has 3 saturated carbocycles. The molecule has 0 atom stereocenters. The van der Waals surface area contributed by atoms with E-state index in [0.29, 0.717) is 17.8 Å². The molecule has 24 heavy (non-hydrogen) atoms. The molecule has 0 aromatic heterocycles. The highest BCUT2D eigenvalue weighted by Crippen LogP contribution is 2.52. The highest BCUT2D eigenvalue weighted by Gasteiger charge is 2.53. The Morgan fingerprint density at radius 2 is 1.04 bits per heavy atom. The van der Waals surface area contributed by atoms with Crippen LogP contribution in [0.2, 0.25) is 0 Å². The fraction of sp³-hybridized carbons (Fsp3) is 0.864. The second-order valence-corrected chi connectivity index (χ2v) is 8.48. The van der Waals surface area contributed by atoms with E-state index in [0.717, 1.165) is 0 Å². The van der Waals surface area contributed by atoms with Crippen LogP contribution in [-0.2, 0) is 9.53 Å². The van der Waals surface area contributed by atoms with Gasteiger partial charge >= 0.3 is 5.97 Å². The van der Waals surface area contributed by atoms with Gasteiger partial charge in [0.2, 0.25) is 0 Å². The molecule has 0 bridgehead atoms. The molecular weight excluding hydrogens is 296 g/mol. The maximum atomic E-state index is 12.4. The minimum atomic E-state index is -0.188. The summed E-state index contributed by atoms with van der Waals surface area (Å²) >= 11 is 0. The van der Waals surface area contributed by atoms with Crippen LogP contribution in [0.5, 0.6) is 0 Å². The monoisotopic (exact) mass is 332 g/mol. The van der Waals surface area contributed by atoms with Crippen molar-refractivity contribution in [2.75, 3.05) is 0 Å². The molecular formula is C22H36O2. The summed E-state index contributed by atoms with van der Waals surface area (Å²) < 4.78 is 6.45. The van der Waals surface area contributed by atoms with Crippen molar-refractivity contribution in [3.8, 4) is 0 Å². The molecule has 2 heteroatoms. The molecule has 3 fully saturated rings. The van der Waals surface area contributed by atoms with Crippen LogP contribution in [0.25, 0.3) is 0 Å². The zero-order valence-electron chi connectivity index (χ0n) is 15.4. The van der Waals surface area contributed by atoms with Crippen LogP contribution in [0.3, 0.4) is 0 Å². The topological polar surface area (TPSA) is 26.3 Å². The van der Waals surface area contributed by atoms with Gasteiger partial charge in [0.1, 0.15) is 5.60 Å². The molecule has 0 saturated heterocycles. The maximum absolute atomic E-state index is 12.4. The van der Waals surface area contributed by atoms with Crippen molar-refractivity contribution >= 4 is 5.97 Å². The van der Waals surface area contributed by atoms with Crippen LogP contribution in [-0.4, -0.2) is 11.6 Å². The first kappa shape index (κ1) is 18.0. The summed E-state index contributed by atoms with van der Waals surface area (Å²) in [5.41, 5.74) is -0.188. The van der Waals surface area contributed by atoms with E-state index in [4.69, 9.17) is 4.74 Å². The molecule has 0 unspecified atom stereocenters. The van der Waals surface area contributed by atoms with Crippen molar-refractivity contribution in [2.24, 2.45) is 17.8 Å². The third kappa shape index (κ3) is 3.73. The van der Waals surface area contributed by atoms with Crippen molar-refractivity contribution in [1.82, 2.24) is 0 Å². The molecule has 3 aliphatic rings. The maximum Gasteiger partial charge on any atom is 0.330 e. The zero-order valence-corrected chi connectivity index (χ0v) is 15.4. The third-order valence-electron chi connectivity index (χ3n) is 7.17. The molecule has 3 aliphatic carbocycles. The number of rotatable bonds is 5. The Hall–Kier alpha value is -0.790. The fourth-order valence-corrected chi connectivity index (χ4v) is 6.13. The summed E-state index contributed by atoms with van der Waals surface area (Å²) in [5.74, 6) is 1.58. The zero-order chi connectivity index (χ0) is 16.8. The standard InChI is InChI=1S/C22H36O2/c1-2-21(23)24-22(18-12-6-3-7-13-18,19-14-8-4-9-15-19)20-16-10-5-11-17-20/h2,18-20H,1,3-17H2. The van der Waals surface area contributed by atoms with E-state index in [1.54, 1.807) is 0 Å². The van der Waals surface area contributed by atoms with Crippen molar-refractivity contribution < 1.29 is 9.53 Å². The molecule has 0 spiro atoms. The largest absolute Gasteiger partial charge is 0.455 e. The van der Waals surface area contributed by atoms with Gasteiger partial charge in [0.05, 0.1) is 0 Å². The predicted molar refractivity (Wildman–Crippen MR) is 98.7 cm³/mol. The minimum absolute atomic E-state index is 0.170. The van der Waals surface area contributed by atoms with Gasteiger partial charge in [-0.15, -0.1) is 0 Å². The molecule has 0 N–H and O–H groups in total. The fourth-order valence-electron chi connectivity index (χ4n) is 6.13. The van der Waals surface area contributed by atoms with Crippen LogP contribution in [0.15, 0.2) is 12.7 Å². The van der Waals surface area contributed by atoms with E-state index in [1.165, 1.54) is 102 Å². The molecule has 0 aromatic carbocycles. The Labute approximate surface area is 148 Å². The van der Waals surface area contributed by atoms with Crippen molar-refractivity contribution in [2.45, 2.75) is 102 Å². The Bertz CT molecular complexity index is 364. The second kappa shape index (κ2) is 8.54. The lowest BCUT2D eigenvalue weighted by molar-refractivity contribution is -0.193. The number of hydrogen-bond donors (Lipinski definition) is 0. The summed E-state index contributed by atoms with van der Waals surface area (Å²) in [6.45, 7) is 3.71. The Morgan fingerprint density at radius 1 is 0.708 bits per heavy atom. The van der Waals surface area contributed by atoms with E-state index in [-0.39, 0.29) is 11.6 Å². The van der Waals surface area contributed by atoms with Gasteiger partial charge in [0.25, 0.3) is 0 Å². The molecule has 0 aromatic rings. The van der Waals surface area contributed by atoms with Crippen LogP contribution in [0, 0.1) is 17.8 Å². The van der Waals surface area contributed by atoms with Gasteiger partial charge in [0.15, 0.2) is 0 Å². The quantitative estimate of drug-likeness (QED) is 0.443. The van der Waals surface area contributed by atoms with Gasteiger partial charge in [-0.1, -0.05) is 64.4 Å². The first-order valence-corrected chi connectivity index (χ1v) is 10.6. The van der Waals surface area contributed by atoms with E-state index < -0.39 is 0 Å². The van der Waals surface area contributed by atoms with Crippen LogP contribution < -0.4 is 0 Å². The molecule has 0 heterocycles. The Kier molecular flexibility index (Phi) is 6.41. The summed E-state index contributed by atoms with van der Waals surface area (Å²) in [7, 11) is 0. The molecule has 0 aliphatic heterocycles. The molecule has 2 nitrogen and oxygen atoms in total. The SMILES string of the molecule is C=CC(=O)OC(C1CCCCC1)(C1CCCCC1)C1CCCCC1. The summed E-state index contributed by atoms with van der Waals surface area (Å²) in [6, 6.07) is 0. The Balaban J connectivity index is 1.95. The second-order valence-electron chi connectivity index (χ2n) is 8.48. The predicted octanol–water partition coefficient (Wildman–Crippen LogP) is 6.20. The minimum Gasteiger partial charge on any atom is -0.455 e. The lowest BCUT2D eigenvalue weighted by Gasteiger charge is -2.53. The van der Waals surface area contributed by atoms with E-state index in [9.17, 15) is 4.79 Å². The molecule has 3 rings (SSSR count).